The predicted molar refractivity (Wildman–Crippen MR) is 73.1 cm³/mol. The van der Waals surface area contributed by atoms with E-state index in [1.807, 2.05) is 13.8 Å². The fourth-order valence-electron chi connectivity index (χ4n) is 2.25. The van der Waals surface area contributed by atoms with Crippen molar-refractivity contribution >= 4 is 34.6 Å². The topological polar surface area (TPSA) is 38.5 Å². The van der Waals surface area contributed by atoms with Crippen LogP contribution in [0.3, 0.4) is 0 Å². The van der Waals surface area contributed by atoms with Gasteiger partial charge in [-0.2, -0.15) is 0 Å². The van der Waals surface area contributed by atoms with Crippen molar-refractivity contribution in [1.82, 2.24) is 0 Å². The zero-order valence-electron chi connectivity index (χ0n) is 9.91. The van der Waals surface area contributed by atoms with E-state index in [0.29, 0.717) is 15.7 Å². The fraction of sp³-hybridized carbons (Fsp3) is 0.500. The van der Waals surface area contributed by atoms with Gasteiger partial charge in [-0.1, -0.05) is 23.2 Å². The molecule has 0 saturated carbocycles. The SMILES string of the molecule is CC1CN(c2c(Cl)cc(N)cc2Cl)CC(C)O1. The van der Waals surface area contributed by atoms with Crippen molar-refractivity contribution in [3.63, 3.8) is 0 Å². The molecule has 2 unspecified atom stereocenters. The Labute approximate surface area is 111 Å². The number of nitrogen functional groups attached to an aromatic ring is 1. The van der Waals surface area contributed by atoms with Crippen molar-refractivity contribution in [3.8, 4) is 0 Å². The van der Waals surface area contributed by atoms with E-state index in [0.717, 1.165) is 18.8 Å². The molecule has 1 aliphatic heterocycles. The first-order valence-electron chi connectivity index (χ1n) is 5.62. The summed E-state index contributed by atoms with van der Waals surface area (Å²) in [5.41, 5.74) is 7.13. The summed E-state index contributed by atoms with van der Waals surface area (Å²) in [6, 6.07) is 3.46. The Morgan fingerprint density at radius 2 is 1.65 bits per heavy atom. The predicted octanol–water partition coefficient (Wildman–Crippen LogP) is 3.19. The van der Waals surface area contributed by atoms with Crippen LogP contribution in [-0.4, -0.2) is 25.3 Å². The molecule has 0 aliphatic carbocycles. The standard InChI is InChI=1S/C12H16Cl2N2O/c1-7-5-16(6-8(2)17-7)12-10(13)3-9(15)4-11(12)14/h3-4,7-8H,5-6,15H2,1-2H3. The molecule has 0 spiro atoms. The zero-order valence-corrected chi connectivity index (χ0v) is 11.4. The van der Waals surface area contributed by atoms with Crippen molar-refractivity contribution in [2.75, 3.05) is 23.7 Å². The molecular weight excluding hydrogens is 259 g/mol. The maximum atomic E-state index is 6.22. The van der Waals surface area contributed by atoms with E-state index in [-0.39, 0.29) is 12.2 Å². The van der Waals surface area contributed by atoms with Gasteiger partial charge in [-0.05, 0) is 26.0 Å². The molecule has 2 atom stereocenters. The number of hydrogen-bond donors (Lipinski definition) is 1. The van der Waals surface area contributed by atoms with Crippen LogP contribution in [0.15, 0.2) is 12.1 Å². The van der Waals surface area contributed by atoms with Crippen molar-refractivity contribution in [1.29, 1.82) is 0 Å². The third kappa shape index (κ3) is 2.79. The van der Waals surface area contributed by atoms with E-state index in [4.69, 9.17) is 33.7 Å². The van der Waals surface area contributed by atoms with Gasteiger partial charge in [-0.15, -0.1) is 0 Å². The number of ether oxygens (including phenoxy) is 1. The van der Waals surface area contributed by atoms with Crippen LogP contribution < -0.4 is 10.6 Å². The molecule has 1 saturated heterocycles. The Balaban J connectivity index is 2.33. The first-order valence-corrected chi connectivity index (χ1v) is 6.38. The summed E-state index contributed by atoms with van der Waals surface area (Å²) in [4.78, 5) is 2.16. The average Bonchev–Trinajstić information content (AvgIpc) is 2.13. The first kappa shape index (κ1) is 12.8. The summed E-state index contributed by atoms with van der Waals surface area (Å²) in [6.45, 7) is 5.66. The largest absolute Gasteiger partial charge is 0.399 e. The lowest BCUT2D eigenvalue weighted by Gasteiger charge is -2.37. The lowest BCUT2D eigenvalue weighted by Crippen LogP contribution is -2.45. The molecule has 0 bridgehead atoms. The Morgan fingerprint density at radius 1 is 1.18 bits per heavy atom. The van der Waals surface area contributed by atoms with Crippen LogP contribution in [0.5, 0.6) is 0 Å². The van der Waals surface area contributed by atoms with Gasteiger partial charge in [-0.25, -0.2) is 0 Å². The Hall–Kier alpha value is -0.640. The van der Waals surface area contributed by atoms with Crippen LogP contribution in [-0.2, 0) is 4.74 Å². The molecule has 1 aromatic carbocycles. The van der Waals surface area contributed by atoms with Gasteiger partial charge in [0.05, 0.1) is 27.9 Å². The number of hydrogen-bond acceptors (Lipinski definition) is 3. The number of nitrogens with zero attached hydrogens (tertiary/aromatic N) is 1. The number of nitrogens with two attached hydrogens (primary N) is 1. The minimum absolute atomic E-state index is 0.170. The monoisotopic (exact) mass is 274 g/mol. The molecule has 1 fully saturated rings. The quantitative estimate of drug-likeness (QED) is 0.800. The third-order valence-corrected chi connectivity index (χ3v) is 3.35. The van der Waals surface area contributed by atoms with E-state index < -0.39 is 0 Å². The number of anilines is 2. The molecule has 17 heavy (non-hydrogen) atoms. The molecule has 3 nitrogen and oxygen atoms in total. The normalized spacial score (nSPS) is 25.1. The summed E-state index contributed by atoms with van der Waals surface area (Å²) < 4.78 is 5.69. The number of morpholine rings is 1. The number of halogens is 2. The van der Waals surface area contributed by atoms with Crippen molar-refractivity contribution in [2.45, 2.75) is 26.1 Å². The molecule has 94 valence electrons. The van der Waals surface area contributed by atoms with Crippen molar-refractivity contribution < 1.29 is 4.74 Å². The van der Waals surface area contributed by atoms with Crippen LogP contribution in [0.2, 0.25) is 10.0 Å². The lowest BCUT2D eigenvalue weighted by molar-refractivity contribution is -0.00519. The maximum absolute atomic E-state index is 6.22. The van der Waals surface area contributed by atoms with Crippen molar-refractivity contribution in [3.05, 3.63) is 22.2 Å². The summed E-state index contributed by atoms with van der Waals surface area (Å²) >= 11 is 12.4. The highest BCUT2D eigenvalue weighted by Gasteiger charge is 2.25. The van der Waals surface area contributed by atoms with Crippen molar-refractivity contribution in [2.24, 2.45) is 0 Å². The van der Waals surface area contributed by atoms with E-state index in [1.165, 1.54) is 0 Å². The fourth-order valence-corrected chi connectivity index (χ4v) is 2.99. The van der Waals surface area contributed by atoms with Gasteiger partial charge in [0, 0.05) is 18.8 Å². The molecule has 0 aromatic heterocycles. The van der Waals surface area contributed by atoms with Gasteiger partial charge in [0.15, 0.2) is 0 Å². The van der Waals surface area contributed by atoms with Gasteiger partial charge in [0.1, 0.15) is 0 Å². The van der Waals surface area contributed by atoms with Gasteiger partial charge in [-0.3, -0.25) is 0 Å². The average molecular weight is 275 g/mol. The summed E-state index contributed by atoms with van der Waals surface area (Å²) in [5.74, 6) is 0. The molecule has 2 rings (SSSR count). The Kier molecular flexibility index (Phi) is 3.71. The maximum Gasteiger partial charge on any atom is 0.0748 e. The highest BCUT2D eigenvalue weighted by atomic mass is 35.5. The molecule has 1 aromatic rings. The molecule has 1 aliphatic rings. The van der Waals surface area contributed by atoms with Crippen LogP contribution >= 0.6 is 23.2 Å². The number of benzene rings is 1. The molecular formula is C12H16Cl2N2O. The van der Waals surface area contributed by atoms with Crippen LogP contribution in [0, 0.1) is 0 Å². The van der Waals surface area contributed by atoms with Crippen LogP contribution in [0.4, 0.5) is 11.4 Å². The summed E-state index contributed by atoms with van der Waals surface area (Å²) in [5, 5.41) is 1.19. The molecule has 1 heterocycles. The Bertz CT molecular complexity index is 392. The van der Waals surface area contributed by atoms with E-state index in [2.05, 4.69) is 4.90 Å². The second-order valence-corrected chi connectivity index (χ2v) is 5.31. The molecule has 2 N–H and O–H groups in total. The van der Waals surface area contributed by atoms with E-state index >= 15 is 0 Å². The molecule has 0 radical (unpaired) electrons. The van der Waals surface area contributed by atoms with Gasteiger partial charge in [0.25, 0.3) is 0 Å². The van der Waals surface area contributed by atoms with Gasteiger partial charge in [0.2, 0.25) is 0 Å². The van der Waals surface area contributed by atoms with Gasteiger partial charge >= 0.3 is 0 Å². The highest BCUT2D eigenvalue weighted by molar-refractivity contribution is 6.39. The minimum atomic E-state index is 0.170. The third-order valence-electron chi connectivity index (χ3n) is 2.78. The van der Waals surface area contributed by atoms with Crippen LogP contribution in [0.1, 0.15) is 13.8 Å². The second-order valence-electron chi connectivity index (χ2n) is 4.50. The zero-order chi connectivity index (χ0) is 12.6. The lowest BCUT2D eigenvalue weighted by atomic mass is 10.2. The van der Waals surface area contributed by atoms with Crippen LogP contribution in [0.25, 0.3) is 0 Å². The summed E-state index contributed by atoms with van der Waals surface area (Å²) in [7, 11) is 0. The minimum Gasteiger partial charge on any atom is -0.399 e. The molecule has 5 heteroatoms. The smallest absolute Gasteiger partial charge is 0.0748 e. The number of rotatable bonds is 1. The second kappa shape index (κ2) is 4.92. The summed E-state index contributed by atoms with van der Waals surface area (Å²) in [6.07, 6.45) is 0.340. The van der Waals surface area contributed by atoms with E-state index in [9.17, 15) is 0 Å². The first-order chi connectivity index (χ1) is 7.97. The van der Waals surface area contributed by atoms with E-state index in [1.54, 1.807) is 12.1 Å². The molecule has 0 amide bonds. The van der Waals surface area contributed by atoms with Gasteiger partial charge < -0.3 is 15.4 Å². The Morgan fingerprint density at radius 3 is 2.12 bits per heavy atom. The highest BCUT2D eigenvalue weighted by Crippen LogP contribution is 2.37.